The van der Waals surface area contributed by atoms with E-state index in [1.807, 2.05) is 13.0 Å². The van der Waals surface area contributed by atoms with Crippen molar-refractivity contribution >= 4 is 11.4 Å². The van der Waals surface area contributed by atoms with Crippen LogP contribution in [0.5, 0.6) is 5.75 Å². The molecule has 2 fully saturated rings. The zero-order valence-corrected chi connectivity index (χ0v) is 11.8. The smallest absolute Gasteiger partial charge is 0.123 e. The Kier molecular flexibility index (Phi) is 3.54. The van der Waals surface area contributed by atoms with Crippen LogP contribution in [0.1, 0.15) is 39.0 Å². The molecule has 0 spiro atoms. The van der Waals surface area contributed by atoms with Gasteiger partial charge in [-0.05, 0) is 44.6 Å². The van der Waals surface area contributed by atoms with Crippen LogP contribution in [0.2, 0.25) is 0 Å². The van der Waals surface area contributed by atoms with E-state index < -0.39 is 0 Å². The van der Waals surface area contributed by atoms with E-state index in [1.54, 1.807) is 0 Å². The first kappa shape index (κ1) is 12.6. The molecule has 0 bridgehead atoms. The lowest BCUT2D eigenvalue weighted by Crippen LogP contribution is -2.42. The maximum absolute atomic E-state index is 6.03. The van der Waals surface area contributed by atoms with Gasteiger partial charge in [0, 0.05) is 36.1 Å². The van der Waals surface area contributed by atoms with Crippen molar-refractivity contribution in [3.8, 4) is 5.75 Å². The standard InChI is InChI=1S/C16H24N2O/c1-2-19-15-10-13(17)9-14(11-15)18-8-4-6-12-5-3-7-16(12)18/h9-12,16H,2-8,17H2,1H3. The third kappa shape index (κ3) is 2.51. The Bertz CT molecular complexity index is 446. The summed E-state index contributed by atoms with van der Waals surface area (Å²) in [4.78, 5) is 2.57. The molecule has 1 aromatic carbocycles. The molecule has 1 saturated carbocycles. The summed E-state index contributed by atoms with van der Waals surface area (Å²) in [6.07, 6.45) is 6.83. The Labute approximate surface area is 115 Å². The predicted molar refractivity (Wildman–Crippen MR) is 79.7 cm³/mol. The molecule has 2 N–H and O–H groups in total. The van der Waals surface area contributed by atoms with Gasteiger partial charge in [-0.25, -0.2) is 0 Å². The lowest BCUT2D eigenvalue weighted by atomic mass is 9.91. The van der Waals surface area contributed by atoms with Crippen LogP contribution in [0.4, 0.5) is 11.4 Å². The highest BCUT2D eigenvalue weighted by Gasteiger charge is 2.35. The summed E-state index contributed by atoms with van der Waals surface area (Å²) < 4.78 is 5.62. The Hall–Kier alpha value is -1.38. The molecule has 1 aliphatic heterocycles. The van der Waals surface area contributed by atoms with Crippen molar-refractivity contribution in [2.75, 3.05) is 23.8 Å². The average molecular weight is 260 g/mol. The van der Waals surface area contributed by atoms with Crippen molar-refractivity contribution in [1.29, 1.82) is 0 Å². The third-order valence-electron chi connectivity index (χ3n) is 4.55. The van der Waals surface area contributed by atoms with Crippen LogP contribution in [0.15, 0.2) is 18.2 Å². The van der Waals surface area contributed by atoms with E-state index in [0.29, 0.717) is 6.61 Å². The first-order chi connectivity index (χ1) is 9.28. The van der Waals surface area contributed by atoms with Gasteiger partial charge in [0.15, 0.2) is 0 Å². The lowest BCUT2D eigenvalue weighted by molar-refractivity contribution is 0.339. The molecule has 1 aromatic rings. The van der Waals surface area contributed by atoms with Gasteiger partial charge in [-0.3, -0.25) is 0 Å². The highest BCUT2D eigenvalue weighted by molar-refractivity contribution is 5.61. The fourth-order valence-corrected chi connectivity index (χ4v) is 3.80. The Balaban J connectivity index is 1.87. The maximum atomic E-state index is 6.03. The molecule has 3 rings (SSSR count). The number of benzene rings is 1. The van der Waals surface area contributed by atoms with Crippen molar-refractivity contribution in [1.82, 2.24) is 0 Å². The number of rotatable bonds is 3. The van der Waals surface area contributed by atoms with Crippen molar-refractivity contribution in [3.05, 3.63) is 18.2 Å². The number of nitrogens with zero attached hydrogens (tertiary/aromatic N) is 1. The van der Waals surface area contributed by atoms with Gasteiger partial charge in [0.2, 0.25) is 0 Å². The number of hydrogen-bond acceptors (Lipinski definition) is 3. The van der Waals surface area contributed by atoms with E-state index in [1.165, 1.54) is 37.8 Å². The van der Waals surface area contributed by atoms with Crippen LogP contribution in [0, 0.1) is 5.92 Å². The molecule has 2 unspecified atom stereocenters. The maximum Gasteiger partial charge on any atom is 0.123 e. The number of nitrogens with two attached hydrogens (primary N) is 1. The van der Waals surface area contributed by atoms with Gasteiger partial charge in [-0.2, -0.15) is 0 Å². The van der Waals surface area contributed by atoms with E-state index in [4.69, 9.17) is 10.5 Å². The largest absolute Gasteiger partial charge is 0.494 e. The molecule has 2 atom stereocenters. The topological polar surface area (TPSA) is 38.5 Å². The minimum atomic E-state index is 0.689. The van der Waals surface area contributed by atoms with Crippen molar-refractivity contribution in [2.45, 2.75) is 45.1 Å². The van der Waals surface area contributed by atoms with Gasteiger partial charge >= 0.3 is 0 Å². The summed E-state index contributed by atoms with van der Waals surface area (Å²) in [6, 6.07) is 6.90. The van der Waals surface area contributed by atoms with E-state index >= 15 is 0 Å². The predicted octanol–water partition coefficient (Wildman–Crippen LogP) is 3.44. The monoisotopic (exact) mass is 260 g/mol. The summed E-state index contributed by atoms with van der Waals surface area (Å²) in [5, 5.41) is 0. The van der Waals surface area contributed by atoms with Gasteiger partial charge < -0.3 is 15.4 Å². The molecule has 104 valence electrons. The number of nitrogen functional groups attached to an aromatic ring is 1. The summed E-state index contributed by atoms with van der Waals surface area (Å²) in [7, 11) is 0. The van der Waals surface area contributed by atoms with Crippen LogP contribution >= 0.6 is 0 Å². The third-order valence-corrected chi connectivity index (χ3v) is 4.55. The van der Waals surface area contributed by atoms with Crippen LogP contribution in [0.3, 0.4) is 0 Å². The normalized spacial score (nSPS) is 26.3. The molecule has 2 aliphatic rings. The second-order valence-corrected chi connectivity index (χ2v) is 5.79. The van der Waals surface area contributed by atoms with Gasteiger partial charge in [0.1, 0.15) is 5.75 Å². The molecule has 1 aliphatic carbocycles. The minimum absolute atomic E-state index is 0.689. The Morgan fingerprint density at radius 2 is 2.05 bits per heavy atom. The molecule has 0 aromatic heterocycles. The first-order valence-corrected chi connectivity index (χ1v) is 7.58. The van der Waals surface area contributed by atoms with Crippen molar-refractivity contribution in [3.63, 3.8) is 0 Å². The van der Waals surface area contributed by atoms with E-state index in [0.717, 1.165) is 29.9 Å². The Morgan fingerprint density at radius 3 is 2.89 bits per heavy atom. The van der Waals surface area contributed by atoms with Crippen LogP contribution in [0.25, 0.3) is 0 Å². The van der Waals surface area contributed by atoms with Crippen molar-refractivity contribution in [2.24, 2.45) is 5.92 Å². The van der Waals surface area contributed by atoms with Gasteiger partial charge in [-0.15, -0.1) is 0 Å². The second-order valence-electron chi connectivity index (χ2n) is 5.79. The number of ether oxygens (including phenoxy) is 1. The fraction of sp³-hybridized carbons (Fsp3) is 0.625. The van der Waals surface area contributed by atoms with Gasteiger partial charge in [0.25, 0.3) is 0 Å². The zero-order valence-electron chi connectivity index (χ0n) is 11.8. The van der Waals surface area contributed by atoms with Crippen molar-refractivity contribution < 1.29 is 4.74 Å². The SMILES string of the molecule is CCOc1cc(N)cc(N2CCCC3CCCC32)c1. The molecule has 19 heavy (non-hydrogen) atoms. The highest BCUT2D eigenvalue weighted by Crippen LogP contribution is 2.40. The van der Waals surface area contributed by atoms with E-state index in [2.05, 4.69) is 17.0 Å². The quantitative estimate of drug-likeness (QED) is 0.846. The zero-order chi connectivity index (χ0) is 13.2. The summed E-state index contributed by atoms with van der Waals surface area (Å²) in [5.74, 6) is 1.79. The van der Waals surface area contributed by atoms with Crippen LogP contribution in [-0.4, -0.2) is 19.2 Å². The van der Waals surface area contributed by atoms with Crippen LogP contribution < -0.4 is 15.4 Å². The minimum Gasteiger partial charge on any atom is -0.494 e. The van der Waals surface area contributed by atoms with Crippen LogP contribution in [-0.2, 0) is 0 Å². The number of fused-ring (bicyclic) bond motifs is 1. The van der Waals surface area contributed by atoms with Gasteiger partial charge in [-0.1, -0.05) is 6.42 Å². The number of piperidine rings is 1. The Morgan fingerprint density at radius 1 is 1.21 bits per heavy atom. The molecule has 0 radical (unpaired) electrons. The highest BCUT2D eigenvalue weighted by atomic mass is 16.5. The molecule has 3 nitrogen and oxygen atoms in total. The summed E-state index contributed by atoms with van der Waals surface area (Å²) in [6.45, 7) is 3.86. The number of anilines is 2. The molecular formula is C16H24N2O. The number of hydrogen-bond donors (Lipinski definition) is 1. The molecule has 0 amide bonds. The second kappa shape index (κ2) is 5.32. The van der Waals surface area contributed by atoms with E-state index in [9.17, 15) is 0 Å². The molecule has 1 heterocycles. The van der Waals surface area contributed by atoms with E-state index in [-0.39, 0.29) is 0 Å². The lowest BCUT2D eigenvalue weighted by Gasteiger charge is -2.39. The van der Waals surface area contributed by atoms with Gasteiger partial charge in [0.05, 0.1) is 6.61 Å². The summed E-state index contributed by atoms with van der Waals surface area (Å²) in [5.41, 5.74) is 8.08. The first-order valence-electron chi connectivity index (χ1n) is 7.58. The molecule has 1 saturated heterocycles. The molecule has 3 heteroatoms. The average Bonchev–Trinajstić information content (AvgIpc) is 2.86. The fourth-order valence-electron chi connectivity index (χ4n) is 3.80. The molecular weight excluding hydrogens is 236 g/mol. The summed E-state index contributed by atoms with van der Waals surface area (Å²) >= 11 is 0.